The molecule has 1 aliphatic rings. The molecule has 0 spiro atoms. The lowest BCUT2D eigenvalue weighted by Gasteiger charge is -2.22. The Morgan fingerprint density at radius 2 is 0.984 bits per heavy atom. The Hall–Kier alpha value is -7.54. The Balaban J connectivity index is 0.973. The van der Waals surface area contributed by atoms with Crippen LogP contribution >= 0.6 is 11.3 Å². The number of nitrogens with zero attached hydrogens (tertiary/aromatic N) is 4. The molecule has 6 heteroatoms. The van der Waals surface area contributed by atoms with Crippen molar-refractivity contribution in [3.63, 3.8) is 0 Å². The average Bonchev–Trinajstić information content (AvgIpc) is 3.99. The fraction of sp³-hybridized carbons (Fsp3) is 0.0545. The summed E-state index contributed by atoms with van der Waals surface area (Å²) in [5, 5.41) is 3.21. The highest BCUT2D eigenvalue weighted by Gasteiger charge is 2.36. The van der Waals surface area contributed by atoms with Crippen LogP contribution in [0.4, 0.5) is 0 Å². The maximum atomic E-state index is 6.83. The third kappa shape index (κ3) is 5.82. The molecule has 0 radical (unpaired) electrons. The van der Waals surface area contributed by atoms with Crippen molar-refractivity contribution in [2.24, 2.45) is 0 Å². The number of rotatable bonds is 6. The maximum Gasteiger partial charge on any atom is 0.164 e. The van der Waals surface area contributed by atoms with E-state index < -0.39 is 0 Å². The van der Waals surface area contributed by atoms with E-state index in [-0.39, 0.29) is 5.41 Å². The van der Waals surface area contributed by atoms with Gasteiger partial charge in [-0.25, -0.2) is 19.9 Å². The second-order valence-electron chi connectivity index (χ2n) is 16.2. The van der Waals surface area contributed by atoms with Gasteiger partial charge in [0, 0.05) is 44.0 Å². The molecule has 0 saturated carbocycles. The zero-order valence-electron chi connectivity index (χ0n) is 33.4. The quantitative estimate of drug-likeness (QED) is 0.168. The highest BCUT2D eigenvalue weighted by atomic mass is 32.1. The van der Waals surface area contributed by atoms with Crippen LogP contribution in [-0.4, -0.2) is 19.9 Å². The van der Waals surface area contributed by atoms with Gasteiger partial charge in [0.25, 0.3) is 0 Å². The van der Waals surface area contributed by atoms with Crippen molar-refractivity contribution < 1.29 is 4.42 Å². The summed E-state index contributed by atoms with van der Waals surface area (Å²) < 4.78 is 8.04. The van der Waals surface area contributed by atoms with Gasteiger partial charge in [0.1, 0.15) is 16.2 Å². The molecular weight excluding hydrogens is 765 g/mol. The number of para-hydroxylation sites is 1. The number of hydrogen-bond acceptors (Lipinski definition) is 6. The predicted molar refractivity (Wildman–Crippen MR) is 250 cm³/mol. The van der Waals surface area contributed by atoms with Gasteiger partial charge in [-0.1, -0.05) is 159 Å². The predicted octanol–water partition coefficient (Wildman–Crippen LogP) is 14.7. The number of fused-ring (bicyclic) bond motifs is 7. The molecule has 0 amide bonds. The van der Waals surface area contributed by atoms with Crippen LogP contribution in [0.15, 0.2) is 186 Å². The van der Waals surface area contributed by atoms with Crippen LogP contribution in [0.25, 0.3) is 110 Å². The Bertz CT molecular complexity index is 3440. The van der Waals surface area contributed by atoms with Crippen LogP contribution in [0.2, 0.25) is 0 Å². The van der Waals surface area contributed by atoms with E-state index in [0.717, 1.165) is 77.0 Å². The van der Waals surface area contributed by atoms with Gasteiger partial charge in [0.15, 0.2) is 17.5 Å². The first-order valence-electron chi connectivity index (χ1n) is 20.5. The van der Waals surface area contributed by atoms with Gasteiger partial charge in [-0.15, -0.1) is 11.3 Å². The molecule has 0 bridgehead atoms. The standard InChI is InChI=1S/C55H36N4OS/c1-55(2)44-30-37(25-26-41(44)43-31-46-48(32-45(43)55)61-54(56-46)35-19-10-5-11-20-35)40-28-27-39(49-42-23-12-13-24-47(42)60-50(40)49)36-21-14-22-38(29-36)53-58-51(33-15-6-3-7-16-33)57-52(59-53)34-17-8-4-9-18-34/h3-32H,1-2H3. The lowest BCUT2D eigenvalue weighted by atomic mass is 9.81. The van der Waals surface area contributed by atoms with Crippen molar-refractivity contribution in [2.45, 2.75) is 19.3 Å². The first kappa shape index (κ1) is 35.4. The summed E-state index contributed by atoms with van der Waals surface area (Å²) in [6.45, 7) is 4.69. The second-order valence-corrected chi connectivity index (χ2v) is 17.2. The van der Waals surface area contributed by atoms with Crippen molar-refractivity contribution in [1.82, 2.24) is 19.9 Å². The molecular formula is C55H36N4OS. The normalized spacial score (nSPS) is 12.9. The zero-order valence-corrected chi connectivity index (χ0v) is 34.2. The van der Waals surface area contributed by atoms with Crippen molar-refractivity contribution in [2.75, 3.05) is 0 Å². The molecule has 1 aliphatic carbocycles. The molecule has 5 nitrogen and oxygen atoms in total. The SMILES string of the molecule is CC1(C)c2cc(-c3ccc(-c4cccc(-c5nc(-c6ccccc6)nc(-c6ccccc6)n5)c4)c4c3oc3ccccc34)ccc2-c2cc3nc(-c4ccccc4)sc3cc21. The van der Waals surface area contributed by atoms with Crippen LogP contribution in [-0.2, 0) is 5.41 Å². The van der Waals surface area contributed by atoms with Crippen LogP contribution < -0.4 is 0 Å². The van der Waals surface area contributed by atoms with E-state index >= 15 is 0 Å². The highest BCUT2D eigenvalue weighted by Crippen LogP contribution is 2.52. The third-order valence-corrected chi connectivity index (χ3v) is 13.2. The number of thiazole rings is 1. The van der Waals surface area contributed by atoms with Crippen LogP contribution in [0, 0.1) is 0 Å². The number of benzene rings is 8. The summed E-state index contributed by atoms with van der Waals surface area (Å²) in [6, 6.07) is 63.6. The smallest absolute Gasteiger partial charge is 0.164 e. The van der Waals surface area contributed by atoms with E-state index in [1.165, 1.54) is 27.0 Å². The fourth-order valence-corrected chi connectivity index (χ4v) is 10.1. The fourth-order valence-electron chi connectivity index (χ4n) is 9.09. The van der Waals surface area contributed by atoms with Gasteiger partial charge in [-0.05, 0) is 75.3 Å². The molecule has 288 valence electrons. The summed E-state index contributed by atoms with van der Waals surface area (Å²) in [5.41, 5.74) is 16.0. The molecule has 8 aromatic carbocycles. The van der Waals surface area contributed by atoms with Gasteiger partial charge < -0.3 is 4.42 Å². The lowest BCUT2D eigenvalue weighted by Crippen LogP contribution is -2.15. The number of aromatic nitrogens is 4. The Labute approximate surface area is 356 Å². The Kier molecular flexibility index (Phi) is 7.99. The Morgan fingerprint density at radius 3 is 1.70 bits per heavy atom. The number of furan rings is 1. The van der Waals surface area contributed by atoms with Crippen LogP contribution in [0.1, 0.15) is 25.0 Å². The average molecular weight is 801 g/mol. The topological polar surface area (TPSA) is 64.7 Å². The largest absolute Gasteiger partial charge is 0.455 e. The first-order valence-corrected chi connectivity index (χ1v) is 21.4. The molecule has 0 N–H and O–H groups in total. The summed E-state index contributed by atoms with van der Waals surface area (Å²) in [6.07, 6.45) is 0. The Morgan fingerprint density at radius 1 is 0.426 bits per heavy atom. The summed E-state index contributed by atoms with van der Waals surface area (Å²) in [5.74, 6) is 1.89. The highest BCUT2D eigenvalue weighted by molar-refractivity contribution is 7.21. The molecule has 0 atom stereocenters. The maximum absolute atomic E-state index is 6.83. The molecule has 3 aromatic heterocycles. The second kappa shape index (κ2) is 13.8. The number of hydrogen-bond donors (Lipinski definition) is 0. The van der Waals surface area contributed by atoms with Gasteiger partial charge in [-0.3, -0.25) is 0 Å². The van der Waals surface area contributed by atoms with E-state index in [0.29, 0.717) is 17.5 Å². The van der Waals surface area contributed by atoms with E-state index in [9.17, 15) is 0 Å². The molecule has 3 heterocycles. The van der Waals surface area contributed by atoms with Crippen molar-refractivity contribution in [3.8, 4) is 78.1 Å². The minimum Gasteiger partial charge on any atom is -0.455 e. The molecule has 0 aliphatic heterocycles. The van der Waals surface area contributed by atoms with E-state index in [1.54, 1.807) is 11.3 Å². The van der Waals surface area contributed by atoms with Crippen LogP contribution in [0.3, 0.4) is 0 Å². The summed E-state index contributed by atoms with van der Waals surface area (Å²) >= 11 is 1.76. The van der Waals surface area contributed by atoms with Crippen molar-refractivity contribution in [3.05, 3.63) is 193 Å². The minimum atomic E-state index is -0.199. The monoisotopic (exact) mass is 800 g/mol. The van der Waals surface area contributed by atoms with Gasteiger partial charge in [0.2, 0.25) is 0 Å². The van der Waals surface area contributed by atoms with Crippen molar-refractivity contribution in [1.29, 1.82) is 0 Å². The molecule has 0 unspecified atom stereocenters. The van der Waals surface area contributed by atoms with Crippen LogP contribution in [0.5, 0.6) is 0 Å². The van der Waals surface area contributed by atoms with Crippen molar-refractivity contribution >= 4 is 43.5 Å². The summed E-state index contributed by atoms with van der Waals surface area (Å²) in [7, 11) is 0. The van der Waals surface area contributed by atoms with E-state index in [4.69, 9.17) is 24.4 Å². The summed E-state index contributed by atoms with van der Waals surface area (Å²) in [4.78, 5) is 20.1. The molecule has 12 rings (SSSR count). The molecule has 61 heavy (non-hydrogen) atoms. The van der Waals surface area contributed by atoms with Gasteiger partial charge in [0.05, 0.1) is 10.2 Å². The van der Waals surface area contributed by atoms with Gasteiger partial charge >= 0.3 is 0 Å². The van der Waals surface area contributed by atoms with E-state index in [1.807, 2.05) is 72.8 Å². The van der Waals surface area contributed by atoms with Gasteiger partial charge in [-0.2, -0.15) is 0 Å². The minimum absolute atomic E-state index is 0.199. The first-order chi connectivity index (χ1) is 30.0. The van der Waals surface area contributed by atoms with E-state index in [2.05, 4.69) is 123 Å². The zero-order chi connectivity index (χ0) is 40.7. The molecule has 0 saturated heterocycles. The molecule has 0 fully saturated rings. The molecule has 11 aromatic rings. The lowest BCUT2D eigenvalue weighted by molar-refractivity contribution is 0.661. The third-order valence-electron chi connectivity index (χ3n) is 12.2.